The van der Waals surface area contributed by atoms with Gasteiger partial charge in [0.25, 0.3) is 5.91 Å². The highest BCUT2D eigenvalue weighted by Crippen LogP contribution is 2.38. The van der Waals surface area contributed by atoms with Crippen LogP contribution in [-0.2, 0) is 6.18 Å². The first-order chi connectivity index (χ1) is 13.8. The van der Waals surface area contributed by atoms with Crippen LogP contribution in [0.4, 0.5) is 24.8 Å². The summed E-state index contributed by atoms with van der Waals surface area (Å²) in [5.41, 5.74) is 6.68. The number of rotatable bonds is 3. The van der Waals surface area contributed by atoms with Gasteiger partial charge < -0.3 is 20.5 Å². The Hall–Kier alpha value is -3.30. The third kappa shape index (κ3) is 2.86. The minimum absolute atomic E-state index is 0.0762. The Bertz CT molecular complexity index is 1110. The number of piperazine rings is 1. The van der Waals surface area contributed by atoms with Crippen molar-refractivity contribution in [2.24, 2.45) is 5.73 Å². The molecule has 29 heavy (non-hydrogen) atoms. The Morgan fingerprint density at radius 1 is 1.17 bits per heavy atom. The molecular formula is C19H17F3N6O. The van der Waals surface area contributed by atoms with E-state index in [2.05, 4.69) is 19.9 Å². The lowest BCUT2D eigenvalue weighted by Gasteiger charge is -2.35. The van der Waals surface area contributed by atoms with Gasteiger partial charge in [-0.1, -0.05) is 6.07 Å². The average Bonchev–Trinajstić information content (AvgIpc) is 3.40. The number of primary amides is 1. The number of carbonyl (C=O) groups is 1. The normalized spacial score (nSPS) is 21.3. The van der Waals surface area contributed by atoms with Crippen molar-refractivity contribution in [2.75, 3.05) is 22.9 Å². The van der Waals surface area contributed by atoms with Crippen LogP contribution in [0, 0.1) is 0 Å². The van der Waals surface area contributed by atoms with Gasteiger partial charge in [-0.3, -0.25) is 9.78 Å². The molecule has 2 bridgehead atoms. The van der Waals surface area contributed by atoms with Gasteiger partial charge in [0.2, 0.25) is 5.95 Å². The maximum Gasteiger partial charge on any atom is 0.433 e. The lowest BCUT2D eigenvalue weighted by atomic mass is 10.2. The van der Waals surface area contributed by atoms with Crippen molar-refractivity contribution < 1.29 is 18.0 Å². The molecule has 5 rings (SSSR count). The molecule has 2 fully saturated rings. The van der Waals surface area contributed by atoms with Gasteiger partial charge in [0, 0.05) is 31.0 Å². The zero-order chi connectivity index (χ0) is 20.3. The van der Waals surface area contributed by atoms with Crippen LogP contribution < -0.4 is 15.5 Å². The molecule has 0 radical (unpaired) electrons. The topological polar surface area (TPSA) is 91.1 Å². The maximum atomic E-state index is 13.0. The lowest BCUT2D eigenvalue weighted by molar-refractivity contribution is -0.141. The van der Waals surface area contributed by atoms with Gasteiger partial charge in [-0.25, -0.2) is 4.98 Å². The predicted molar refractivity (Wildman–Crippen MR) is 101 cm³/mol. The molecule has 3 aromatic rings. The van der Waals surface area contributed by atoms with Gasteiger partial charge in [-0.2, -0.15) is 13.2 Å². The molecule has 1 amide bonds. The number of alkyl halides is 3. The fourth-order valence-electron chi connectivity index (χ4n) is 4.35. The first-order valence-corrected chi connectivity index (χ1v) is 9.16. The molecule has 1 aromatic carbocycles. The van der Waals surface area contributed by atoms with Crippen LogP contribution in [0.2, 0.25) is 0 Å². The number of nitrogens with zero attached hydrogens (tertiary/aromatic N) is 4. The average molecular weight is 402 g/mol. The summed E-state index contributed by atoms with van der Waals surface area (Å²) in [6, 6.07) is 8.10. The number of para-hydroxylation sites is 1. The van der Waals surface area contributed by atoms with Gasteiger partial charge in [0.15, 0.2) is 0 Å². The molecule has 2 aliphatic heterocycles. The van der Waals surface area contributed by atoms with Crippen LogP contribution in [0.15, 0.2) is 36.5 Å². The van der Waals surface area contributed by atoms with E-state index in [-0.39, 0.29) is 12.1 Å². The summed E-state index contributed by atoms with van der Waals surface area (Å²) in [6.45, 7) is 1.21. The molecule has 2 atom stereocenters. The summed E-state index contributed by atoms with van der Waals surface area (Å²) < 4.78 is 38.9. The first-order valence-electron chi connectivity index (χ1n) is 9.16. The molecule has 4 heterocycles. The number of pyridine rings is 1. The largest absolute Gasteiger partial charge is 0.433 e. The fraction of sp³-hybridized carbons (Fsp3) is 0.316. The predicted octanol–water partition coefficient (Wildman–Crippen LogP) is 2.54. The molecule has 2 aliphatic rings. The van der Waals surface area contributed by atoms with E-state index < -0.39 is 17.8 Å². The molecule has 0 unspecified atom stereocenters. The third-order valence-corrected chi connectivity index (χ3v) is 5.64. The number of aromatic amines is 1. The number of aromatic nitrogens is 3. The van der Waals surface area contributed by atoms with Gasteiger partial charge >= 0.3 is 6.18 Å². The second-order valence-electron chi connectivity index (χ2n) is 7.37. The lowest BCUT2D eigenvalue weighted by Crippen LogP contribution is -2.47. The van der Waals surface area contributed by atoms with Crippen LogP contribution in [0.1, 0.15) is 22.5 Å². The molecule has 3 N–H and O–H groups in total. The molecule has 150 valence electrons. The number of hydrogen-bond donors (Lipinski definition) is 2. The van der Waals surface area contributed by atoms with E-state index in [1.807, 2.05) is 11.0 Å². The van der Waals surface area contributed by atoms with Crippen LogP contribution >= 0.6 is 0 Å². The quantitative estimate of drug-likeness (QED) is 0.703. The van der Waals surface area contributed by atoms with Crippen molar-refractivity contribution in [2.45, 2.75) is 24.7 Å². The fourth-order valence-corrected chi connectivity index (χ4v) is 4.35. The van der Waals surface area contributed by atoms with Crippen molar-refractivity contribution in [1.82, 2.24) is 15.0 Å². The number of fused-ring (bicyclic) bond motifs is 3. The van der Waals surface area contributed by atoms with Crippen LogP contribution in [-0.4, -0.2) is 46.0 Å². The standard InChI is InChI=1S/C19H17F3N6O/c20-19(21,22)15-7-10(4-5-24-15)27-8-12-6-11(27)9-28(12)18-25-14-3-1-2-13(17(23)29)16(14)26-18/h1-5,7,11-12H,6,8-9H2,(H2,23,29)(H,25,26)/t11-,12-/m0/s1. The zero-order valence-electron chi connectivity index (χ0n) is 15.1. The Morgan fingerprint density at radius 3 is 2.62 bits per heavy atom. The highest BCUT2D eigenvalue weighted by atomic mass is 19.4. The molecule has 0 aliphatic carbocycles. The number of benzene rings is 1. The van der Waals surface area contributed by atoms with Crippen molar-refractivity contribution in [3.63, 3.8) is 0 Å². The van der Waals surface area contributed by atoms with Gasteiger partial charge in [0.05, 0.1) is 17.1 Å². The number of amides is 1. The maximum absolute atomic E-state index is 13.0. The minimum atomic E-state index is -4.47. The Labute approximate surface area is 163 Å². The smallest absolute Gasteiger partial charge is 0.366 e. The Morgan fingerprint density at radius 2 is 1.93 bits per heavy atom. The highest BCUT2D eigenvalue weighted by molar-refractivity contribution is 6.04. The van der Waals surface area contributed by atoms with E-state index in [0.717, 1.165) is 18.0 Å². The summed E-state index contributed by atoms with van der Waals surface area (Å²) in [4.78, 5) is 27.0. The summed E-state index contributed by atoms with van der Waals surface area (Å²) in [5.74, 6) is 0.104. The van der Waals surface area contributed by atoms with Gasteiger partial charge in [0.1, 0.15) is 11.2 Å². The minimum Gasteiger partial charge on any atom is -0.366 e. The number of carbonyl (C=O) groups excluding carboxylic acids is 1. The number of halogens is 3. The zero-order valence-corrected chi connectivity index (χ0v) is 15.1. The summed E-state index contributed by atoms with van der Waals surface area (Å²) in [7, 11) is 0. The number of nitrogens with two attached hydrogens (primary N) is 1. The van der Waals surface area contributed by atoms with E-state index in [9.17, 15) is 18.0 Å². The van der Waals surface area contributed by atoms with Crippen molar-refractivity contribution in [3.05, 3.63) is 47.8 Å². The number of nitrogens with one attached hydrogen (secondary N) is 1. The Balaban J connectivity index is 1.40. The van der Waals surface area contributed by atoms with Crippen LogP contribution in [0.5, 0.6) is 0 Å². The van der Waals surface area contributed by atoms with E-state index in [1.54, 1.807) is 18.2 Å². The van der Waals surface area contributed by atoms with Crippen LogP contribution in [0.25, 0.3) is 11.0 Å². The Kier molecular flexibility index (Phi) is 3.74. The second-order valence-corrected chi connectivity index (χ2v) is 7.37. The van der Waals surface area contributed by atoms with Gasteiger partial charge in [-0.15, -0.1) is 0 Å². The van der Waals surface area contributed by atoms with Crippen molar-refractivity contribution in [3.8, 4) is 0 Å². The van der Waals surface area contributed by atoms with E-state index in [1.165, 1.54) is 6.20 Å². The van der Waals surface area contributed by atoms with E-state index in [0.29, 0.717) is 35.8 Å². The monoisotopic (exact) mass is 402 g/mol. The summed E-state index contributed by atoms with van der Waals surface area (Å²) in [5, 5.41) is 0. The molecule has 7 nitrogen and oxygen atoms in total. The van der Waals surface area contributed by atoms with Crippen molar-refractivity contribution in [1.29, 1.82) is 0 Å². The van der Waals surface area contributed by atoms with Crippen molar-refractivity contribution >= 4 is 28.6 Å². The molecule has 0 saturated carbocycles. The molecular weight excluding hydrogens is 385 g/mol. The number of anilines is 2. The molecule has 10 heteroatoms. The summed E-state index contributed by atoms with van der Waals surface area (Å²) in [6.07, 6.45) is -2.44. The second kappa shape index (κ2) is 6.10. The SMILES string of the molecule is NC(=O)c1cccc2[nH]c(N3C[C@@H]4C[C@H]3CN4c3ccnc(C(F)(F)F)c3)nc12. The molecule has 2 saturated heterocycles. The summed E-state index contributed by atoms with van der Waals surface area (Å²) >= 11 is 0. The molecule has 2 aromatic heterocycles. The van der Waals surface area contributed by atoms with Crippen LogP contribution in [0.3, 0.4) is 0 Å². The van der Waals surface area contributed by atoms with E-state index in [4.69, 9.17) is 5.73 Å². The van der Waals surface area contributed by atoms with E-state index >= 15 is 0 Å². The number of imidazole rings is 1. The highest BCUT2D eigenvalue weighted by Gasteiger charge is 2.45. The third-order valence-electron chi connectivity index (χ3n) is 5.64. The molecule has 0 spiro atoms. The number of H-pyrrole nitrogens is 1. The van der Waals surface area contributed by atoms with Gasteiger partial charge in [-0.05, 0) is 30.7 Å². The first kappa shape index (κ1) is 17.8. The number of hydrogen-bond acceptors (Lipinski definition) is 5.